The van der Waals surface area contributed by atoms with Crippen LogP contribution in [0.4, 0.5) is 18.9 Å². The molecule has 0 saturated carbocycles. The fraction of sp³-hybridized carbons (Fsp3) is 0.588. The van der Waals surface area contributed by atoms with Gasteiger partial charge in [0.05, 0.1) is 17.5 Å². The molecule has 1 aromatic carbocycles. The number of thioether (sulfide) groups is 1. The second kappa shape index (κ2) is 8.72. The van der Waals surface area contributed by atoms with Gasteiger partial charge in [-0.2, -0.15) is 24.9 Å². The second-order valence-corrected chi connectivity index (χ2v) is 10.8. The molecule has 0 aliphatic carbocycles. The van der Waals surface area contributed by atoms with Crippen LogP contribution in [-0.2, 0) is 21.0 Å². The molecule has 0 bridgehead atoms. The average Bonchev–Trinajstić information content (AvgIpc) is 2.48. The summed E-state index contributed by atoms with van der Waals surface area (Å²) in [6, 6.07) is 2.72. The van der Waals surface area contributed by atoms with Crippen molar-refractivity contribution in [1.82, 2.24) is 5.32 Å². The lowest BCUT2D eigenvalue weighted by molar-refractivity contribution is -0.137. The first-order valence-corrected chi connectivity index (χ1v) is 11.0. The van der Waals surface area contributed by atoms with Gasteiger partial charge in [-0.3, -0.25) is 9.10 Å². The quantitative estimate of drug-likeness (QED) is 0.678. The number of alkyl halides is 3. The Labute approximate surface area is 162 Å². The highest BCUT2D eigenvalue weighted by atomic mass is 32.2. The summed E-state index contributed by atoms with van der Waals surface area (Å²) >= 11 is 1.63. The van der Waals surface area contributed by atoms with Gasteiger partial charge in [0.15, 0.2) is 0 Å². The van der Waals surface area contributed by atoms with Crippen LogP contribution in [0.15, 0.2) is 24.3 Å². The number of amides is 1. The minimum atomic E-state index is -4.62. The molecule has 1 N–H and O–H groups in total. The lowest BCUT2D eigenvalue weighted by atomic mass is 10.2. The Bertz CT molecular complexity index is 759. The van der Waals surface area contributed by atoms with Gasteiger partial charge in [0.2, 0.25) is 15.9 Å². The van der Waals surface area contributed by atoms with Crippen LogP contribution in [-0.4, -0.2) is 43.7 Å². The van der Waals surface area contributed by atoms with E-state index in [2.05, 4.69) is 5.32 Å². The molecule has 0 aliphatic rings. The van der Waals surface area contributed by atoms with Crippen molar-refractivity contribution in [3.8, 4) is 0 Å². The summed E-state index contributed by atoms with van der Waals surface area (Å²) in [5, 5.41) is 2.63. The lowest BCUT2D eigenvalue weighted by Gasteiger charge is -2.29. The molecule has 0 radical (unpaired) electrons. The number of hydrogen-bond acceptors (Lipinski definition) is 4. The molecule has 5 nitrogen and oxygen atoms in total. The molecule has 0 fully saturated rings. The number of sulfonamides is 1. The molecule has 0 heterocycles. The largest absolute Gasteiger partial charge is 0.416 e. The maximum atomic E-state index is 12.9. The fourth-order valence-corrected chi connectivity index (χ4v) is 4.29. The topological polar surface area (TPSA) is 66.5 Å². The van der Waals surface area contributed by atoms with E-state index in [9.17, 15) is 26.4 Å². The maximum Gasteiger partial charge on any atom is 0.416 e. The molecule has 0 unspecified atom stereocenters. The lowest BCUT2D eigenvalue weighted by Crippen LogP contribution is -2.48. The zero-order valence-corrected chi connectivity index (χ0v) is 17.6. The van der Waals surface area contributed by atoms with Crippen LogP contribution in [0.1, 0.15) is 33.3 Å². The van der Waals surface area contributed by atoms with E-state index in [1.54, 1.807) is 11.8 Å². The van der Waals surface area contributed by atoms with Gasteiger partial charge in [-0.05, 0) is 25.1 Å². The summed E-state index contributed by atoms with van der Waals surface area (Å²) in [4.78, 5) is 12.4. The summed E-state index contributed by atoms with van der Waals surface area (Å²) in [5.41, 5.74) is -1.19. The van der Waals surface area contributed by atoms with E-state index in [0.717, 1.165) is 24.5 Å². The molecule has 0 aliphatic heterocycles. The Morgan fingerprint density at radius 3 is 2.33 bits per heavy atom. The Morgan fingerprint density at radius 1 is 1.26 bits per heavy atom. The smallest absolute Gasteiger partial charge is 0.353 e. The van der Waals surface area contributed by atoms with E-state index in [4.69, 9.17) is 0 Å². The molecule has 1 atom stereocenters. The Hall–Kier alpha value is -1.42. The van der Waals surface area contributed by atoms with Crippen LogP contribution in [0.3, 0.4) is 0 Å². The van der Waals surface area contributed by atoms with Crippen LogP contribution >= 0.6 is 11.8 Å². The molecule has 154 valence electrons. The Balaban J connectivity index is 3.00. The Kier molecular flexibility index (Phi) is 7.63. The predicted octanol–water partition coefficient (Wildman–Crippen LogP) is 3.51. The SMILES string of the molecule is C[C@H](C(=O)NCCSC(C)(C)C)N(c1cccc(C(F)(F)F)c1)S(C)(=O)=O. The average molecular weight is 427 g/mol. The highest BCUT2D eigenvalue weighted by molar-refractivity contribution is 8.00. The van der Waals surface area contributed by atoms with Crippen molar-refractivity contribution in [3.63, 3.8) is 0 Å². The van der Waals surface area contributed by atoms with Crippen LogP contribution < -0.4 is 9.62 Å². The number of carbonyl (C=O) groups is 1. The second-order valence-electron chi connectivity index (χ2n) is 7.03. The van der Waals surface area contributed by atoms with Gasteiger partial charge in [0, 0.05) is 17.0 Å². The summed E-state index contributed by atoms with van der Waals surface area (Å²) in [6.07, 6.45) is -3.76. The van der Waals surface area contributed by atoms with Crippen LogP contribution in [0.25, 0.3) is 0 Å². The first kappa shape index (κ1) is 23.6. The third-order valence-corrected chi connectivity index (χ3v) is 5.97. The first-order chi connectivity index (χ1) is 12.1. The molecule has 10 heteroatoms. The molecular weight excluding hydrogens is 401 g/mol. The molecule has 1 amide bonds. The number of rotatable bonds is 7. The van der Waals surface area contributed by atoms with Crippen LogP contribution in [0.5, 0.6) is 0 Å². The zero-order chi connectivity index (χ0) is 21.0. The number of halogens is 3. The van der Waals surface area contributed by atoms with Crippen molar-refractivity contribution in [2.24, 2.45) is 0 Å². The van der Waals surface area contributed by atoms with E-state index in [-0.39, 0.29) is 10.4 Å². The van der Waals surface area contributed by atoms with E-state index < -0.39 is 33.7 Å². The van der Waals surface area contributed by atoms with Gasteiger partial charge < -0.3 is 5.32 Å². The predicted molar refractivity (Wildman–Crippen MR) is 103 cm³/mol. The van der Waals surface area contributed by atoms with E-state index in [1.165, 1.54) is 13.0 Å². The summed E-state index contributed by atoms with van der Waals surface area (Å²) in [5.74, 6) is 0.0528. The summed E-state index contributed by atoms with van der Waals surface area (Å²) in [6.45, 7) is 7.75. The van der Waals surface area contributed by atoms with E-state index >= 15 is 0 Å². The number of nitrogens with zero attached hydrogens (tertiary/aromatic N) is 1. The highest BCUT2D eigenvalue weighted by Gasteiger charge is 2.34. The van der Waals surface area contributed by atoms with Crippen LogP contribution in [0, 0.1) is 0 Å². The third kappa shape index (κ3) is 7.61. The van der Waals surface area contributed by atoms with Gasteiger partial charge in [0.25, 0.3) is 0 Å². The number of anilines is 1. The number of hydrogen-bond donors (Lipinski definition) is 1. The molecule has 1 rings (SSSR count). The summed E-state index contributed by atoms with van der Waals surface area (Å²) in [7, 11) is -3.98. The van der Waals surface area contributed by atoms with Gasteiger partial charge >= 0.3 is 6.18 Å². The van der Waals surface area contributed by atoms with E-state index in [0.29, 0.717) is 16.6 Å². The number of carbonyl (C=O) groups excluding carboxylic acids is 1. The van der Waals surface area contributed by atoms with Crippen molar-refractivity contribution in [2.75, 3.05) is 22.9 Å². The third-order valence-electron chi connectivity index (χ3n) is 3.45. The minimum Gasteiger partial charge on any atom is -0.353 e. The number of benzene rings is 1. The van der Waals surface area contributed by atoms with Crippen molar-refractivity contribution in [3.05, 3.63) is 29.8 Å². The van der Waals surface area contributed by atoms with Crippen molar-refractivity contribution < 1.29 is 26.4 Å². The van der Waals surface area contributed by atoms with Gasteiger partial charge in [-0.1, -0.05) is 26.8 Å². The Morgan fingerprint density at radius 2 is 1.85 bits per heavy atom. The van der Waals surface area contributed by atoms with Crippen molar-refractivity contribution in [1.29, 1.82) is 0 Å². The zero-order valence-electron chi connectivity index (χ0n) is 15.9. The normalized spacial score (nSPS) is 13.9. The molecule has 0 spiro atoms. The maximum absolute atomic E-state index is 12.9. The molecule has 1 aromatic rings. The van der Waals surface area contributed by atoms with Crippen molar-refractivity contribution in [2.45, 2.75) is 44.7 Å². The minimum absolute atomic E-state index is 0.0210. The molecule has 0 saturated heterocycles. The van der Waals surface area contributed by atoms with Crippen molar-refractivity contribution >= 4 is 33.4 Å². The first-order valence-electron chi connectivity index (χ1n) is 8.21. The number of nitrogens with one attached hydrogen (secondary N) is 1. The van der Waals surface area contributed by atoms with E-state index in [1.807, 2.05) is 20.8 Å². The molecular formula is C17H25F3N2O3S2. The van der Waals surface area contributed by atoms with Gasteiger partial charge in [-0.15, -0.1) is 0 Å². The van der Waals surface area contributed by atoms with Gasteiger partial charge in [-0.25, -0.2) is 8.42 Å². The molecule has 0 aromatic heterocycles. The fourth-order valence-electron chi connectivity index (χ4n) is 2.31. The van der Waals surface area contributed by atoms with Gasteiger partial charge in [0.1, 0.15) is 6.04 Å². The standard InChI is InChI=1S/C17H25F3N2O3S2/c1-12(15(23)21-9-10-26-16(2,3)4)22(27(5,24)25)14-8-6-7-13(11-14)17(18,19)20/h6-8,11-12H,9-10H2,1-5H3,(H,21,23)/t12-/m1/s1. The monoisotopic (exact) mass is 426 g/mol. The van der Waals surface area contributed by atoms with Crippen LogP contribution in [0.2, 0.25) is 0 Å². The summed E-state index contributed by atoms with van der Waals surface area (Å²) < 4.78 is 63.9. The molecule has 27 heavy (non-hydrogen) atoms. The highest BCUT2D eigenvalue weighted by Crippen LogP contribution is 2.32.